The highest BCUT2D eigenvalue weighted by Crippen LogP contribution is 2.46. The highest BCUT2D eigenvalue weighted by Gasteiger charge is 2.49. The zero-order chi connectivity index (χ0) is 19.8. The molecule has 0 spiro atoms. The second kappa shape index (κ2) is 7.74. The van der Waals surface area contributed by atoms with Gasteiger partial charge in [-0.15, -0.1) is 0 Å². The predicted molar refractivity (Wildman–Crippen MR) is 105 cm³/mol. The first-order valence-corrected chi connectivity index (χ1v) is 9.88. The molecule has 2 aromatic carbocycles. The van der Waals surface area contributed by atoms with Crippen LogP contribution in [0.3, 0.4) is 0 Å². The van der Waals surface area contributed by atoms with E-state index < -0.39 is 24.2 Å². The van der Waals surface area contributed by atoms with Gasteiger partial charge in [0.15, 0.2) is 0 Å². The minimum absolute atomic E-state index is 0.0330. The molecule has 1 amide bonds. The van der Waals surface area contributed by atoms with E-state index in [0.29, 0.717) is 10.0 Å². The van der Waals surface area contributed by atoms with Gasteiger partial charge in [-0.3, -0.25) is 4.79 Å². The highest BCUT2D eigenvalue weighted by atomic mass is 35.5. The number of aliphatic carboxylic acids is 1. The van der Waals surface area contributed by atoms with E-state index in [1.165, 1.54) is 4.90 Å². The Kier molecular flexibility index (Phi) is 5.32. The SMILES string of the molecule is O=C(O)[C@H](C1CC1)N1C(=O)CO[C@@H](c2cccc(Cl)c2)[C@H]1c1ccc(Cl)cc1. The molecule has 1 N–H and O–H groups in total. The van der Waals surface area contributed by atoms with Gasteiger partial charge in [-0.2, -0.15) is 0 Å². The van der Waals surface area contributed by atoms with Crippen LogP contribution < -0.4 is 0 Å². The molecule has 0 radical (unpaired) electrons. The molecule has 4 rings (SSSR count). The van der Waals surface area contributed by atoms with Gasteiger partial charge in [0.2, 0.25) is 5.91 Å². The average Bonchev–Trinajstić information content (AvgIpc) is 3.48. The van der Waals surface area contributed by atoms with Gasteiger partial charge in [0, 0.05) is 10.0 Å². The minimum atomic E-state index is -0.985. The normalized spacial score (nSPS) is 23.5. The van der Waals surface area contributed by atoms with Crippen molar-refractivity contribution in [2.45, 2.75) is 31.0 Å². The van der Waals surface area contributed by atoms with Gasteiger partial charge in [-0.05, 0) is 54.2 Å². The van der Waals surface area contributed by atoms with Crippen LogP contribution in [0, 0.1) is 5.92 Å². The van der Waals surface area contributed by atoms with Crippen molar-refractivity contribution < 1.29 is 19.4 Å². The Labute approximate surface area is 172 Å². The number of ether oxygens (including phenoxy) is 1. The lowest BCUT2D eigenvalue weighted by molar-refractivity contribution is -0.172. The van der Waals surface area contributed by atoms with Crippen molar-refractivity contribution in [2.24, 2.45) is 5.92 Å². The molecule has 7 heteroatoms. The van der Waals surface area contributed by atoms with E-state index >= 15 is 0 Å². The summed E-state index contributed by atoms with van der Waals surface area (Å²) < 4.78 is 5.91. The lowest BCUT2D eigenvalue weighted by Crippen LogP contribution is -2.54. The van der Waals surface area contributed by atoms with E-state index in [9.17, 15) is 14.7 Å². The van der Waals surface area contributed by atoms with E-state index in [0.717, 1.165) is 24.0 Å². The number of carbonyl (C=O) groups is 2. The standard InChI is InChI=1S/C21H19Cl2NO4/c22-15-8-6-12(7-9-15)18-20(14-2-1-3-16(23)10-14)28-11-17(25)24(18)19(21(26)27)13-4-5-13/h1-3,6-10,13,18-20H,4-5,11H2,(H,26,27)/t18-,19+,20+/m1/s1. The van der Waals surface area contributed by atoms with Gasteiger partial charge < -0.3 is 14.7 Å². The summed E-state index contributed by atoms with van der Waals surface area (Å²) in [4.78, 5) is 26.4. The average molecular weight is 420 g/mol. The molecule has 1 saturated heterocycles. The van der Waals surface area contributed by atoms with Crippen LogP contribution in [0.4, 0.5) is 0 Å². The maximum absolute atomic E-state index is 12.9. The number of nitrogens with zero attached hydrogens (tertiary/aromatic N) is 1. The lowest BCUT2D eigenvalue weighted by atomic mass is 9.90. The molecular weight excluding hydrogens is 401 g/mol. The molecule has 5 nitrogen and oxygen atoms in total. The van der Waals surface area contributed by atoms with Gasteiger partial charge in [0.05, 0.1) is 6.04 Å². The first-order chi connectivity index (χ1) is 13.5. The van der Waals surface area contributed by atoms with E-state index in [1.807, 2.05) is 24.3 Å². The molecule has 0 aromatic heterocycles. The molecule has 3 atom stereocenters. The molecule has 0 unspecified atom stereocenters. The molecule has 1 aliphatic carbocycles. The lowest BCUT2D eigenvalue weighted by Gasteiger charge is -2.44. The van der Waals surface area contributed by atoms with Gasteiger partial charge in [0.1, 0.15) is 18.8 Å². The summed E-state index contributed by atoms with van der Waals surface area (Å²) in [5, 5.41) is 11.0. The summed E-state index contributed by atoms with van der Waals surface area (Å²) in [6, 6.07) is 12.9. The first kappa shape index (κ1) is 19.2. The predicted octanol–water partition coefficient (Wildman–Crippen LogP) is 4.50. The third-order valence-corrected chi connectivity index (χ3v) is 5.76. The van der Waals surface area contributed by atoms with Crippen molar-refractivity contribution in [1.82, 2.24) is 4.90 Å². The highest BCUT2D eigenvalue weighted by molar-refractivity contribution is 6.30. The van der Waals surface area contributed by atoms with Gasteiger partial charge >= 0.3 is 5.97 Å². The Morgan fingerprint density at radius 1 is 1.07 bits per heavy atom. The fourth-order valence-corrected chi connectivity index (χ4v) is 4.20. The van der Waals surface area contributed by atoms with Crippen molar-refractivity contribution in [3.63, 3.8) is 0 Å². The minimum Gasteiger partial charge on any atom is -0.480 e. The summed E-state index contributed by atoms with van der Waals surface area (Å²) in [5.74, 6) is -1.34. The topological polar surface area (TPSA) is 66.8 Å². The van der Waals surface area contributed by atoms with Gasteiger partial charge in [-0.1, -0.05) is 47.5 Å². The summed E-state index contributed by atoms with van der Waals surface area (Å²) in [6.45, 7) is -0.169. The van der Waals surface area contributed by atoms with Gasteiger partial charge in [0.25, 0.3) is 0 Å². The Bertz CT molecular complexity index is 898. The van der Waals surface area contributed by atoms with Crippen LogP contribution >= 0.6 is 23.2 Å². The molecular formula is C21H19Cl2NO4. The monoisotopic (exact) mass is 419 g/mol. The number of morpholine rings is 1. The number of benzene rings is 2. The molecule has 2 aromatic rings. The van der Waals surface area contributed by atoms with Crippen LogP contribution in [-0.2, 0) is 14.3 Å². The second-order valence-corrected chi connectivity index (χ2v) is 8.08. The van der Waals surface area contributed by atoms with Crippen LogP contribution in [0.15, 0.2) is 48.5 Å². The van der Waals surface area contributed by atoms with Crippen LogP contribution in [0.5, 0.6) is 0 Å². The van der Waals surface area contributed by atoms with Crippen molar-refractivity contribution in [3.05, 3.63) is 69.7 Å². The third kappa shape index (κ3) is 3.75. The van der Waals surface area contributed by atoms with E-state index in [-0.39, 0.29) is 18.4 Å². The maximum Gasteiger partial charge on any atom is 0.326 e. The number of hydrogen-bond acceptors (Lipinski definition) is 3. The molecule has 28 heavy (non-hydrogen) atoms. The van der Waals surface area contributed by atoms with Crippen LogP contribution in [-0.4, -0.2) is 34.5 Å². The largest absolute Gasteiger partial charge is 0.480 e. The summed E-state index contributed by atoms with van der Waals surface area (Å²) >= 11 is 12.2. The molecule has 146 valence electrons. The van der Waals surface area contributed by atoms with Gasteiger partial charge in [-0.25, -0.2) is 4.79 Å². The quantitative estimate of drug-likeness (QED) is 0.774. The zero-order valence-corrected chi connectivity index (χ0v) is 16.4. The summed E-state index contributed by atoms with van der Waals surface area (Å²) in [5.41, 5.74) is 1.57. The number of carboxylic acid groups (broad SMARTS) is 1. The third-order valence-electron chi connectivity index (χ3n) is 5.27. The van der Waals surface area contributed by atoms with Crippen molar-refractivity contribution in [2.75, 3.05) is 6.61 Å². The number of carbonyl (C=O) groups excluding carboxylic acids is 1. The molecule has 1 saturated carbocycles. The van der Waals surface area contributed by atoms with Crippen LogP contribution in [0.25, 0.3) is 0 Å². The van der Waals surface area contributed by atoms with E-state index in [4.69, 9.17) is 27.9 Å². The Morgan fingerprint density at radius 3 is 2.39 bits per heavy atom. The molecule has 1 heterocycles. The molecule has 2 fully saturated rings. The summed E-state index contributed by atoms with van der Waals surface area (Å²) in [7, 11) is 0. The van der Waals surface area contributed by atoms with E-state index in [1.54, 1.807) is 24.3 Å². The number of rotatable bonds is 5. The van der Waals surface area contributed by atoms with Crippen LogP contribution in [0.1, 0.15) is 36.1 Å². The van der Waals surface area contributed by atoms with Crippen molar-refractivity contribution >= 4 is 35.1 Å². The number of halogens is 2. The molecule has 0 bridgehead atoms. The zero-order valence-electron chi connectivity index (χ0n) is 14.9. The Hall–Kier alpha value is -2.08. The number of amides is 1. The smallest absolute Gasteiger partial charge is 0.326 e. The second-order valence-electron chi connectivity index (χ2n) is 7.20. The Morgan fingerprint density at radius 2 is 1.79 bits per heavy atom. The van der Waals surface area contributed by atoms with Crippen molar-refractivity contribution in [1.29, 1.82) is 0 Å². The van der Waals surface area contributed by atoms with Crippen LogP contribution in [0.2, 0.25) is 10.0 Å². The number of carboxylic acids is 1. The Balaban J connectivity index is 1.82. The van der Waals surface area contributed by atoms with Crippen molar-refractivity contribution in [3.8, 4) is 0 Å². The fourth-order valence-electron chi connectivity index (χ4n) is 3.87. The number of hydrogen-bond donors (Lipinski definition) is 1. The van der Waals surface area contributed by atoms with E-state index in [2.05, 4.69) is 0 Å². The first-order valence-electron chi connectivity index (χ1n) is 9.12. The maximum atomic E-state index is 12.9. The summed E-state index contributed by atoms with van der Waals surface area (Å²) in [6.07, 6.45) is 1.08. The molecule has 1 aliphatic heterocycles. The molecule has 2 aliphatic rings. The fraction of sp³-hybridized carbons (Fsp3) is 0.333.